The Morgan fingerprint density at radius 1 is 1.11 bits per heavy atom. The lowest BCUT2D eigenvalue weighted by Gasteiger charge is -2.30. The molecule has 1 atom stereocenters. The standard InChI is InChI=1S/C22H25N3O3/c26-21(10-9-17-15-16-5-1-2-6-18(16)24-22(17)27)23-19-7-3-4-8-20(19)25-11-13-28-14-12-25/h1-8,17H,9-15H2,(H,23,26)(H,24,27). The normalized spacial score (nSPS) is 18.9. The summed E-state index contributed by atoms with van der Waals surface area (Å²) in [7, 11) is 0. The van der Waals surface area contributed by atoms with Crippen LogP contribution < -0.4 is 15.5 Å². The number of para-hydroxylation sites is 3. The van der Waals surface area contributed by atoms with Crippen LogP contribution >= 0.6 is 0 Å². The van der Waals surface area contributed by atoms with E-state index >= 15 is 0 Å². The van der Waals surface area contributed by atoms with Crippen molar-refractivity contribution >= 4 is 28.9 Å². The number of carbonyl (C=O) groups excluding carboxylic acids is 2. The minimum absolute atomic E-state index is 0.000201. The molecule has 28 heavy (non-hydrogen) atoms. The molecule has 1 fully saturated rings. The van der Waals surface area contributed by atoms with Crippen LogP contribution in [0.1, 0.15) is 18.4 Å². The zero-order valence-electron chi connectivity index (χ0n) is 15.8. The number of hydrogen-bond donors (Lipinski definition) is 2. The van der Waals surface area contributed by atoms with Crippen LogP contribution in [0, 0.1) is 5.92 Å². The number of nitrogens with zero attached hydrogens (tertiary/aromatic N) is 1. The van der Waals surface area contributed by atoms with Crippen LogP contribution in [-0.4, -0.2) is 38.1 Å². The summed E-state index contributed by atoms with van der Waals surface area (Å²) >= 11 is 0. The van der Waals surface area contributed by atoms with Gasteiger partial charge in [-0.1, -0.05) is 30.3 Å². The molecule has 0 saturated carbocycles. The average molecular weight is 379 g/mol. The molecular weight excluding hydrogens is 354 g/mol. The van der Waals surface area contributed by atoms with E-state index in [0.717, 1.165) is 35.7 Å². The number of hydrogen-bond acceptors (Lipinski definition) is 4. The summed E-state index contributed by atoms with van der Waals surface area (Å²) in [6.07, 6.45) is 1.53. The number of amides is 2. The van der Waals surface area contributed by atoms with E-state index in [9.17, 15) is 9.59 Å². The van der Waals surface area contributed by atoms with Gasteiger partial charge in [0.1, 0.15) is 0 Å². The first-order valence-electron chi connectivity index (χ1n) is 9.81. The summed E-state index contributed by atoms with van der Waals surface area (Å²) in [5.74, 6) is -0.234. The highest BCUT2D eigenvalue weighted by molar-refractivity contribution is 5.97. The van der Waals surface area contributed by atoms with E-state index < -0.39 is 0 Å². The van der Waals surface area contributed by atoms with Crippen molar-refractivity contribution < 1.29 is 14.3 Å². The minimum atomic E-state index is -0.171. The Morgan fingerprint density at radius 3 is 2.71 bits per heavy atom. The topological polar surface area (TPSA) is 70.7 Å². The first-order chi connectivity index (χ1) is 13.7. The Morgan fingerprint density at radius 2 is 1.86 bits per heavy atom. The molecule has 1 saturated heterocycles. The second-order valence-corrected chi connectivity index (χ2v) is 7.25. The van der Waals surface area contributed by atoms with Crippen molar-refractivity contribution in [1.29, 1.82) is 0 Å². The van der Waals surface area contributed by atoms with Crippen LogP contribution in [0.2, 0.25) is 0 Å². The largest absolute Gasteiger partial charge is 0.378 e. The smallest absolute Gasteiger partial charge is 0.227 e. The number of ether oxygens (including phenoxy) is 1. The van der Waals surface area contributed by atoms with Gasteiger partial charge in [0.15, 0.2) is 0 Å². The van der Waals surface area contributed by atoms with Crippen LogP contribution in [0.15, 0.2) is 48.5 Å². The predicted molar refractivity (Wildman–Crippen MR) is 110 cm³/mol. The monoisotopic (exact) mass is 379 g/mol. The Hall–Kier alpha value is -2.86. The van der Waals surface area contributed by atoms with Crippen molar-refractivity contribution in [2.45, 2.75) is 19.3 Å². The molecule has 2 aliphatic heterocycles. The summed E-state index contributed by atoms with van der Waals surface area (Å²) in [6.45, 7) is 3.02. The van der Waals surface area contributed by atoms with Gasteiger partial charge in [0.2, 0.25) is 11.8 Å². The molecule has 146 valence electrons. The third-order valence-electron chi connectivity index (χ3n) is 5.36. The molecule has 2 aromatic rings. The van der Waals surface area contributed by atoms with Gasteiger partial charge in [-0.25, -0.2) is 0 Å². The molecule has 0 aromatic heterocycles. The highest BCUT2D eigenvalue weighted by Gasteiger charge is 2.26. The van der Waals surface area contributed by atoms with Crippen molar-refractivity contribution in [1.82, 2.24) is 0 Å². The van der Waals surface area contributed by atoms with E-state index in [-0.39, 0.29) is 17.7 Å². The van der Waals surface area contributed by atoms with Gasteiger partial charge >= 0.3 is 0 Å². The number of benzene rings is 2. The molecule has 2 aliphatic rings. The van der Waals surface area contributed by atoms with Gasteiger partial charge in [-0.3, -0.25) is 9.59 Å². The van der Waals surface area contributed by atoms with Gasteiger partial charge in [-0.05, 0) is 36.6 Å². The maximum atomic E-state index is 12.6. The van der Waals surface area contributed by atoms with Crippen molar-refractivity contribution in [3.63, 3.8) is 0 Å². The third kappa shape index (κ3) is 4.17. The Kier molecular flexibility index (Phi) is 5.58. The van der Waals surface area contributed by atoms with E-state index in [1.807, 2.05) is 48.5 Å². The quantitative estimate of drug-likeness (QED) is 0.838. The third-order valence-corrected chi connectivity index (χ3v) is 5.36. The number of carbonyl (C=O) groups is 2. The van der Waals surface area contributed by atoms with Gasteiger partial charge in [0, 0.05) is 31.1 Å². The summed E-state index contributed by atoms with van der Waals surface area (Å²) in [5.41, 5.74) is 3.84. The molecule has 2 heterocycles. The van der Waals surface area contributed by atoms with Crippen molar-refractivity contribution in [2.24, 2.45) is 5.92 Å². The number of rotatable bonds is 5. The molecule has 0 bridgehead atoms. The molecule has 1 unspecified atom stereocenters. The number of nitrogens with one attached hydrogen (secondary N) is 2. The molecule has 2 aromatic carbocycles. The summed E-state index contributed by atoms with van der Waals surface area (Å²) in [6, 6.07) is 15.7. The van der Waals surface area contributed by atoms with Crippen molar-refractivity contribution in [2.75, 3.05) is 41.8 Å². The van der Waals surface area contributed by atoms with Crippen LogP contribution in [0.3, 0.4) is 0 Å². The van der Waals surface area contributed by atoms with Crippen LogP contribution in [0.4, 0.5) is 17.1 Å². The SMILES string of the molecule is O=C(CCC1Cc2ccccc2NC1=O)Nc1ccccc1N1CCOCC1. The zero-order chi connectivity index (χ0) is 19.3. The first kappa shape index (κ1) is 18.5. The summed E-state index contributed by atoms with van der Waals surface area (Å²) < 4.78 is 5.42. The van der Waals surface area contributed by atoms with Gasteiger partial charge in [-0.15, -0.1) is 0 Å². The van der Waals surface area contributed by atoms with E-state index in [1.165, 1.54) is 0 Å². The van der Waals surface area contributed by atoms with Gasteiger partial charge in [-0.2, -0.15) is 0 Å². The van der Waals surface area contributed by atoms with E-state index in [0.29, 0.717) is 32.5 Å². The second kappa shape index (κ2) is 8.44. The van der Waals surface area contributed by atoms with Gasteiger partial charge in [0.25, 0.3) is 0 Å². The minimum Gasteiger partial charge on any atom is -0.378 e. The fraction of sp³-hybridized carbons (Fsp3) is 0.364. The molecule has 2 N–H and O–H groups in total. The molecule has 0 radical (unpaired) electrons. The molecule has 6 heteroatoms. The Bertz CT molecular complexity index is 862. The highest BCUT2D eigenvalue weighted by Crippen LogP contribution is 2.29. The van der Waals surface area contributed by atoms with Crippen molar-refractivity contribution in [3.8, 4) is 0 Å². The molecule has 6 nitrogen and oxygen atoms in total. The molecule has 0 aliphatic carbocycles. The molecule has 2 amide bonds. The molecule has 4 rings (SSSR count). The van der Waals surface area contributed by atoms with Gasteiger partial charge in [0.05, 0.1) is 24.6 Å². The molecule has 0 spiro atoms. The lowest BCUT2D eigenvalue weighted by molar-refractivity contribution is -0.121. The van der Waals surface area contributed by atoms with E-state index in [4.69, 9.17) is 4.74 Å². The van der Waals surface area contributed by atoms with Crippen molar-refractivity contribution in [3.05, 3.63) is 54.1 Å². The Balaban J connectivity index is 1.36. The zero-order valence-corrected chi connectivity index (χ0v) is 15.8. The Labute approximate surface area is 164 Å². The number of fused-ring (bicyclic) bond motifs is 1. The maximum absolute atomic E-state index is 12.6. The fourth-order valence-corrected chi connectivity index (χ4v) is 3.82. The number of morpholine rings is 1. The van der Waals surface area contributed by atoms with Crippen LogP contribution in [0.5, 0.6) is 0 Å². The summed E-state index contributed by atoms with van der Waals surface area (Å²) in [5, 5.41) is 5.97. The predicted octanol–water partition coefficient (Wildman–Crippen LogP) is 3.05. The first-order valence-corrected chi connectivity index (χ1v) is 9.81. The van der Waals surface area contributed by atoms with Gasteiger partial charge < -0.3 is 20.3 Å². The second-order valence-electron chi connectivity index (χ2n) is 7.25. The molecular formula is C22H25N3O3. The lowest BCUT2D eigenvalue weighted by atomic mass is 9.89. The number of anilines is 3. The highest BCUT2D eigenvalue weighted by atomic mass is 16.5. The average Bonchev–Trinajstić information content (AvgIpc) is 2.73. The fourth-order valence-electron chi connectivity index (χ4n) is 3.82. The van der Waals surface area contributed by atoms with E-state index in [1.54, 1.807) is 0 Å². The lowest BCUT2D eigenvalue weighted by Crippen LogP contribution is -2.36. The maximum Gasteiger partial charge on any atom is 0.227 e. The van der Waals surface area contributed by atoms with Crippen LogP contribution in [-0.2, 0) is 20.7 Å². The summed E-state index contributed by atoms with van der Waals surface area (Å²) in [4.78, 5) is 27.1. The van der Waals surface area contributed by atoms with E-state index in [2.05, 4.69) is 15.5 Å². The van der Waals surface area contributed by atoms with Crippen LogP contribution in [0.25, 0.3) is 0 Å².